The molecule has 18 heavy (non-hydrogen) atoms. The standard InChI is InChI=1S/C13H16ClN3O/c1-3-18-10(2)9-17-12(15-16-13(17)14)11-7-5-4-6-8-11/h4-8,10H,3,9H2,1-2H3. The molecule has 0 amide bonds. The van der Waals surface area contributed by atoms with E-state index in [2.05, 4.69) is 10.2 Å². The quantitative estimate of drug-likeness (QED) is 0.834. The predicted octanol–water partition coefficient (Wildman–Crippen LogP) is 3.02. The average molecular weight is 266 g/mol. The van der Waals surface area contributed by atoms with Crippen molar-refractivity contribution in [3.63, 3.8) is 0 Å². The number of nitrogens with zero attached hydrogens (tertiary/aromatic N) is 3. The topological polar surface area (TPSA) is 39.9 Å². The molecule has 2 rings (SSSR count). The van der Waals surface area contributed by atoms with Crippen LogP contribution in [-0.2, 0) is 11.3 Å². The van der Waals surface area contributed by atoms with E-state index in [0.29, 0.717) is 18.4 Å². The normalized spacial score (nSPS) is 12.6. The second-order valence-corrected chi connectivity index (χ2v) is 4.37. The maximum atomic E-state index is 6.07. The lowest BCUT2D eigenvalue weighted by atomic mass is 10.2. The van der Waals surface area contributed by atoms with E-state index in [1.807, 2.05) is 48.7 Å². The lowest BCUT2D eigenvalue weighted by Gasteiger charge is -2.14. The third kappa shape index (κ3) is 2.89. The molecule has 2 aromatic rings. The molecule has 0 spiro atoms. The molecule has 4 nitrogen and oxygen atoms in total. The molecule has 0 saturated heterocycles. The zero-order valence-corrected chi connectivity index (χ0v) is 11.3. The summed E-state index contributed by atoms with van der Waals surface area (Å²) in [6, 6.07) is 9.88. The van der Waals surface area contributed by atoms with E-state index in [9.17, 15) is 0 Å². The van der Waals surface area contributed by atoms with E-state index in [0.717, 1.165) is 11.4 Å². The summed E-state index contributed by atoms with van der Waals surface area (Å²) < 4.78 is 7.40. The van der Waals surface area contributed by atoms with Crippen molar-refractivity contribution in [3.8, 4) is 11.4 Å². The van der Waals surface area contributed by atoms with Crippen LogP contribution in [0.4, 0.5) is 0 Å². The Bertz CT molecular complexity index is 498. The fourth-order valence-electron chi connectivity index (χ4n) is 1.84. The minimum Gasteiger partial charge on any atom is -0.377 e. The second kappa shape index (κ2) is 5.98. The molecular formula is C13H16ClN3O. The summed E-state index contributed by atoms with van der Waals surface area (Å²) in [7, 11) is 0. The zero-order valence-electron chi connectivity index (χ0n) is 10.5. The Kier molecular flexibility index (Phi) is 4.33. The Morgan fingerprint density at radius 1 is 1.28 bits per heavy atom. The largest absolute Gasteiger partial charge is 0.377 e. The SMILES string of the molecule is CCOC(C)Cn1c(Cl)nnc1-c1ccccc1. The smallest absolute Gasteiger partial charge is 0.225 e. The van der Waals surface area contributed by atoms with Crippen molar-refractivity contribution in [2.24, 2.45) is 0 Å². The van der Waals surface area contributed by atoms with Crippen LogP contribution in [-0.4, -0.2) is 27.5 Å². The van der Waals surface area contributed by atoms with E-state index in [-0.39, 0.29) is 6.10 Å². The Balaban J connectivity index is 2.28. The van der Waals surface area contributed by atoms with Crippen LogP contribution in [0.15, 0.2) is 30.3 Å². The van der Waals surface area contributed by atoms with Crippen molar-refractivity contribution < 1.29 is 4.74 Å². The molecule has 0 saturated carbocycles. The summed E-state index contributed by atoms with van der Waals surface area (Å²) in [5, 5.41) is 8.44. The molecule has 0 aliphatic rings. The molecular weight excluding hydrogens is 250 g/mol. The van der Waals surface area contributed by atoms with Gasteiger partial charge in [0.15, 0.2) is 5.82 Å². The summed E-state index contributed by atoms with van der Waals surface area (Å²) >= 11 is 6.07. The molecule has 1 aromatic heterocycles. The summed E-state index contributed by atoms with van der Waals surface area (Å²) in [6.07, 6.45) is 0.0750. The Hall–Kier alpha value is -1.39. The molecule has 1 aromatic carbocycles. The van der Waals surface area contributed by atoms with E-state index in [1.54, 1.807) is 0 Å². The highest BCUT2D eigenvalue weighted by Crippen LogP contribution is 2.21. The van der Waals surface area contributed by atoms with Crippen LogP contribution in [0.25, 0.3) is 11.4 Å². The van der Waals surface area contributed by atoms with E-state index in [4.69, 9.17) is 16.3 Å². The van der Waals surface area contributed by atoms with Crippen LogP contribution < -0.4 is 0 Å². The van der Waals surface area contributed by atoms with Crippen LogP contribution in [0, 0.1) is 0 Å². The number of aromatic nitrogens is 3. The third-order valence-corrected chi connectivity index (χ3v) is 2.91. The van der Waals surface area contributed by atoms with Gasteiger partial charge in [-0.2, -0.15) is 0 Å². The van der Waals surface area contributed by atoms with Crippen LogP contribution in [0.5, 0.6) is 0 Å². The number of benzene rings is 1. The summed E-state index contributed by atoms with van der Waals surface area (Å²) in [5.74, 6) is 0.771. The van der Waals surface area contributed by atoms with Gasteiger partial charge in [-0.25, -0.2) is 0 Å². The van der Waals surface area contributed by atoms with Gasteiger partial charge in [-0.3, -0.25) is 4.57 Å². The molecule has 0 aliphatic carbocycles. The van der Waals surface area contributed by atoms with Gasteiger partial charge in [0.1, 0.15) is 0 Å². The molecule has 0 fully saturated rings. The number of hydrogen-bond acceptors (Lipinski definition) is 3. The summed E-state index contributed by atoms with van der Waals surface area (Å²) in [5.41, 5.74) is 1.00. The third-order valence-electron chi connectivity index (χ3n) is 2.63. The number of halogens is 1. The van der Waals surface area contributed by atoms with Crippen molar-refractivity contribution in [1.82, 2.24) is 14.8 Å². The molecule has 1 atom stereocenters. The van der Waals surface area contributed by atoms with Crippen LogP contribution in [0.2, 0.25) is 5.28 Å². The van der Waals surface area contributed by atoms with Crippen LogP contribution in [0.3, 0.4) is 0 Å². The second-order valence-electron chi connectivity index (χ2n) is 4.04. The van der Waals surface area contributed by atoms with Gasteiger partial charge < -0.3 is 4.74 Å². The maximum Gasteiger partial charge on any atom is 0.225 e. The molecule has 1 heterocycles. The average Bonchev–Trinajstić information content (AvgIpc) is 2.73. The first-order chi connectivity index (χ1) is 8.72. The van der Waals surface area contributed by atoms with Crippen molar-refractivity contribution in [2.75, 3.05) is 6.61 Å². The molecule has 0 radical (unpaired) electrons. The number of hydrogen-bond donors (Lipinski definition) is 0. The van der Waals surface area contributed by atoms with Gasteiger partial charge in [0.25, 0.3) is 0 Å². The molecule has 0 bridgehead atoms. The van der Waals surface area contributed by atoms with Crippen LogP contribution >= 0.6 is 11.6 Å². The summed E-state index contributed by atoms with van der Waals surface area (Å²) in [4.78, 5) is 0. The molecule has 0 aliphatic heterocycles. The molecule has 0 N–H and O–H groups in total. The first-order valence-corrected chi connectivity index (χ1v) is 6.36. The van der Waals surface area contributed by atoms with Gasteiger partial charge in [-0.1, -0.05) is 30.3 Å². The lowest BCUT2D eigenvalue weighted by molar-refractivity contribution is 0.0643. The van der Waals surface area contributed by atoms with Crippen molar-refractivity contribution in [2.45, 2.75) is 26.5 Å². The highest BCUT2D eigenvalue weighted by atomic mass is 35.5. The summed E-state index contributed by atoms with van der Waals surface area (Å²) in [6.45, 7) is 5.31. The first-order valence-electron chi connectivity index (χ1n) is 5.98. The minimum absolute atomic E-state index is 0.0750. The van der Waals surface area contributed by atoms with E-state index in [1.165, 1.54) is 0 Å². The molecule has 96 valence electrons. The van der Waals surface area contributed by atoms with Crippen LogP contribution in [0.1, 0.15) is 13.8 Å². The zero-order chi connectivity index (χ0) is 13.0. The first kappa shape index (κ1) is 13.1. The maximum absolute atomic E-state index is 6.07. The van der Waals surface area contributed by atoms with Crippen molar-refractivity contribution >= 4 is 11.6 Å². The Morgan fingerprint density at radius 3 is 2.67 bits per heavy atom. The van der Waals surface area contributed by atoms with Gasteiger partial charge in [0.05, 0.1) is 12.6 Å². The van der Waals surface area contributed by atoms with Gasteiger partial charge >= 0.3 is 0 Å². The van der Waals surface area contributed by atoms with E-state index >= 15 is 0 Å². The fourth-order valence-corrected chi connectivity index (χ4v) is 2.03. The van der Waals surface area contributed by atoms with E-state index < -0.39 is 0 Å². The van der Waals surface area contributed by atoms with Crippen molar-refractivity contribution in [1.29, 1.82) is 0 Å². The van der Waals surface area contributed by atoms with Gasteiger partial charge in [-0.15, -0.1) is 10.2 Å². The van der Waals surface area contributed by atoms with Crippen molar-refractivity contribution in [3.05, 3.63) is 35.6 Å². The highest BCUT2D eigenvalue weighted by molar-refractivity contribution is 6.28. The Morgan fingerprint density at radius 2 is 2.00 bits per heavy atom. The minimum atomic E-state index is 0.0750. The number of ether oxygens (including phenoxy) is 1. The highest BCUT2D eigenvalue weighted by Gasteiger charge is 2.14. The monoisotopic (exact) mass is 265 g/mol. The van der Waals surface area contributed by atoms with Gasteiger partial charge in [0, 0.05) is 12.2 Å². The molecule has 1 unspecified atom stereocenters. The van der Waals surface area contributed by atoms with Gasteiger partial charge in [0.2, 0.25) is 5.28 Å². The lowest BCUT2D eigenvalue weighted by Crippen LogP contribution is -2.17. The van der Waals surface area contributed by atoms with Gasteiger partial charge in [-0.05, 0) is 25.4 Å². The Labute approximate surface area is 112 Å². The predicted molar refractivity (Wildman–Crippen MR) is 71.6 cm³/mol. The number of rotatable bonds is 5. The fraction of sp³-hybridized carbons (Fsp3) is 0.385. The molecule has 5 heteroatoms.